The molecule has 1 atom stereocenters. The van der Waals surface area contributed by atoms with Crippen molar-refractivity contribution in [3.63, 3.8) is 0 Å². The maximum atomic E-state index is 13.1. The first kappa shape index (κ1) is 26.0. The van der Waals surface area contributed by atoms with Crippen LogP contribution in [0.1, 0.15) is 30.5 Å². The van der Waals surface area contributed by atoms with Crippen molar-refractivity contribution in [3.8, 4) is 28.4 Å². The van der Waals surface area contributed by atoms with Crippen LogP contribution >= 0.6 is 0 Å². The Morgan fingerprint density at radius 2 is 1.65 bits per heavy atom. The van der Waals surface area contributed by atoms with Crippen molar-refractivity contribution in [1.29, 1.82) is 0 Å². The number of carbonyl (C=O) groups is 1. The average Bonchev–Trinajstić information content (AvgIpc) is 3.12. The third kappa shape index (κ3) is 5.10. The predicted octanol–water partition coefficient (Wildman–Crippen LogP) is 3.66. The molecule has 1 aliphatic carbocycles. The van der Waals surface area contributed by atoms with Crippen molar-refractivity contribution in [2.24, 2.45) is 0 Å². The Balaban J connectivity index is 1.98. The van der Waals surface area contributed by atoms with E-state index in [2.05, 4.69) is 10.0 Å². The molecule has 0 aromatic heterocycles. The minimum absolute atomic E-state index is 0.101. The standard InChI is InChI=1S/C27H28N2O7S/c1-16(30)28-21-12-10-17-14-22(29-37(32,33)18-8-6-5-7-9-18)26(35-3)27(36-4)25(17)19-11-13-24(34-2)23(31)15-20(19)21/h5-9,11,13-15,21,29H,10,12H2,1-4H3,(H,28,30)/t21-/m0/s1. The first-order valence-electron chi connectivity index (χ1n) is 11.6. The first-order valence-corrected chi connectivity index (χ1v) is 13.0. The number of sulfonamides is 1. The number of carbonyl (C=O) groups excluding carboxylic acids is 1. The van der Waals surface area contributed by atoms with Crippen LogP contribution in [0.3, 0.4) is 0 Å². The van der Waals surface area contributed by atoms with Crippen LogP contribution in [-0.2, 0) is 21.2 Å². The maximum absolute atomic E-state index is 13.1. The second kappa shape index (κ2) is 10.5. The van der Waals surface area contributed by atoms with Gasteiger partial charge in [0.1, 0.15) is 0 Å². The van der Waals surface area contributed by atoms with Gasteiger partial charge in [0, 0.05) is 12.5 Å². The number of rotatable bonds is 7. The molecule has 0 saturated heterocycles. The van der Waals surface area contributed by atoms with E-state index in [4.69, 9.17) is 14.2 Å². The minimum atomic E-state index is -3.92. The van der Waals surface area contributed by atoms with Crippen molar-refractivity contribution < 1.29 is 27.4 Å². The van der Waals surface area contributed by atoms with E-state index < -0.39 is 16.1 Å². The fourth-order valence-electron chi connectivity index (χ4n) is 4.63. The molecule has 0 unspecified atom stereocenters. The summed E-state index contributed by atoms with van der Waals surface area (Å²) >= 11 is 0. The number of amides is 1. The number of nitrogens with one attached hydrogen (secondary N) is 2. The second-order valence-corrected chi connectivity index (χ2v) is 10.2. The summed E-state index contributed by atoms with van der Waals surface area (Å²) in [4.78, 5) is 25.0. The third-order valence-corrected chi connectivity index (χ3v) is 7.59. The molecule has 0 radical (unpaired) electrons. The van der Waals surface area contributed by atoms with Crippen LogP contribution in [0.2, 0.25) is 0 Å². The molecule has 0 spiro atoms. The van der Waals surface area contributed by atoms with Gasteiger partial charge < -0.3 is 19.5 Å². The van der Waals surface area contributed by atoms with Gasteiger partial charge in [-0.05, 0) is 59.9 Å². The SMILES string of the molecule is COc1c(NS(=O)(=O)c2ccccc2)cc2c(c1OC)-c1ccc(OC)c(=O)cc1[C@@H](NC(C)=O)CC2. The summed E-state index contributed by atoms with van der Waals surface area (Å²) in [5, 5.41) is 2.93. The normalized spacial score (nSPS) is 14.4. The molecule has 0 heterocycles. The Morgan fingerprint density at radius 1 is 0.946 bits per heavy atom. The van der Waals surface area contributed by atoms with Gasteiger partial charge >= 0.3 is 0 Å². The quantitative estimate of drug-likeness (QED) is 0.484. The van der Waals surface area contributed by atoms with Crippen LogP contribution in [-0.4, -0.2) is 35.7 Å². The Labute approximate surface area is 215 Å². The molecule has 1 amide bonds. The van der Waals surface area contributed by atoms with Gasteiger partial charge in [-0.1, -0.05) is 24.3 Å². The Hall–Kier alpha value is -4.05. The molecule has 9 nitrogen and oxygen atoms in total. The van der Waals surface area contributed by atoms with Crippen LogP contribution in [0.4, 0.5) is 5.69 Å². The van der Waals surface area contributed by atoms with Crippen LogP contribution in [0.25, 0.3) is 11.1 Å². The molecular weight excluding hydrogens is 496 g/mol. The molecule has 0 bridgehead atoms. The van der Waals surface area contributed by atoms with E-state index in [1.54, 1.807) is 36.4 Å². The van der Waals surface area contributed by atoms with Gasteiger partial charge in [-0.2, -0.15) is 0 Å². The zero-order chi connectivity index (χ0) is 26.7. The molecule has 3 aromatic carbocycles. The van der Waals surface area contributed by atoms with Gasteiger partial charge in [0.25, 0.3) is 10.0 Å². The Bertz CT molecular complexity index is 1510. The Kier molecular flexibility index (Phi) is 7.40. The summed E-state index contributed by atoms with van der Waals surface area (Å²) in [7, 11) is 0.380. The maximum Gasteiger partial charge on any atom is 0.262 e. The topological polar surface area (TPSA) is 120 Å². The molecule has 0 aliphatic heterocycles. The number of anilines is 1. The monoisotopic (exact) mass is 524 g/mol. The number of hydrogen-bond acceptors (Lipinski definition) is 7. The number of ether oxygens (including phenoxy) is 3. The molecule has 1 aliphatic rings. The van der Waals surface area contributed by atoms with Crippen LogP contribution < -0.4 is 29.7 Å². The van der Waals surface area contributed by atoms with E-state index >= 15 is 0 Å². The fourth-order valence-corrected chi connectivity index (χ4v) is 5.70. The van der Waals surface area contributed by atoms with E-state index in [1.807, 2.05) is 0 Å². The van der Waals surface area contributed by atoms with E-state index in [0.29, 0.717) is 35.3 Å². The van der Waals surface area contributed by atoms with Gasteiger partial charge in [0.05, 0.1) is 38.0 Å². The predicted molar refractivity (Wildman–Crippen MR) is 140 cm³/mol. The van der Waals surface area contributed by atoms with Crippen molar-refractivity contribution in [3.05, 3.63) is 75.9 Å². The lowest BCUT2D eigenvalue weighted by Crippen LogP contribution is -2.26. The van der Waals surface area contributed by atoms with Crippen LogP contribution in [0.5, 0.6) is 17.2 Å². The van der Waals surface area contributed by atoms with Gasteiger partial charge in [-0.25, -0.2) is 8.42 Å². The fraction of sp³-hybridized carbons (Fsp3) is 0.259. The minimum Gasteiger partial charge on any atom is -0.493 e. The first-order chi connectivity index (χ1) is 17.7. The van der Waals surface area contributed by atoms with Gasteiger partial charge in [0.15, 0.2) is 17.2 Å². The lowest BCUT2D eigenvalue weighted by molar-refractivity contribution is -0.119. The summed E-state index contributed by atoms with van der Waals surface area (Å²) in [6.07, 6.45) is 0.927. The highest BCUT2D eigenvalue weighted by Crippen LogP contribution is 2.49. The van der Waals surface area contributed by atoms with Crippen molar-refractivity contribution in [2.75, 3.05) is 26.1 Å². The van der Waals surface area contributed by atoms with E-state index in [0.717, 1.165) is 5.56 Å². The summed E-state index contributed by atoms with van der Waals surface area (Å²) < 4.78 is 45.5. The van der Waals surface area contributed by atoms with Crippen LogP contribution in [0.15, 0.2) is 64.3 Å². The van der Waals surface area contributed by atoms with Gasteiger partial charge in [-0.3, -0.25) is 14.3 Å². The van der Waals surface area contributed by atoms with Crippen molar-refractivity contribution in [2.45, 2.75) is 30.7 Å². The third-order valence-electron chi connectivity index (χ3n) is 6.21. The number of benzene rings is 2. The summed E-state index contributed by atoms with van der Waals surface area (Å²) in [6, 6.07) is 14.0. The zero-order valence-electron chi connectivity index (χ0n) is 21.0. The summed E-state index contributed by atoms with van der Waals surface area (Å²) in [5.74, 6) is 0.390. The van der Waals surface area contributed by atoms with Crippen LogP contribution in [0, 0.1) is 0 Å². The molecule has 194 valence electrons. The van der Waals surface area contributed by atoms with Crippen molar-refractivity contribution >= 4 is 21.6 Å². The highest BCUT2D eigenvalue weighted by molar-refractivity contribution is 7.92. The molecule has 0 fully saturated rings. The van der Waals surface area contributed by atoms with E-state index in [-0.39, 0.29) is 33.4 Å². The highest BCUT2D eigenvalue weighted by Gasteiger charge is 2.30. The van der Waals surface area contributed by atoms with E-state index in [1.165, 1.54) is 46.5 Å². The Morgan fingerprint density at radius 3 is 2.27 bits per heavy atom. The largest absolute Gasteiger partial charge is 0.493 e. The average molecular weight is 525 g/mol. The summed E-state index contributed by atoms with van der Waals surface area (Å²) in [6.45, 7) is 1.42. The number of aryl methyl sites for hydroxylation is 1. The number of methoxy groups -OCH3 is 3. The summed E-state index contributed by atoms with van der Waals surface area (Å²) in [5.41, 5.74) is 2.52. The second-order valence-electron chi connectivity index (χ2n) is 8.51. The zero-order valence-corrected chi connectivity index (χ0v) is 21.8. The number of fused-ring (bicyclic) bond motifs is 3. The number of hydrogen-bond donors (Lipinski definition) is 2. The highest BCUT2D eigenvalue weighted by atomic mass is 32.2. The molecule has 4 rings (SSSR count). The van der Waals surface area contributed by atoms with E-state index in [9.17, 15) is 18.0 Å². The lowest BCUT2D eigenvalue weighted by atomic mass is 9.95. The van der Waals surface area contributed by atoms with Crippen molar-refractivity contribution in [1.82, 2.24) is 5.32 Å². The molecule has 37 heavy (non-hydrogen) atoms. The smallest absolute Gasteiger partial charge is 0.262 e. The molecular formula is C27H28N2O7S. The van der Waals surface area contributed by atoms with Gasteiger partial charge in [-0.15, -0.1) is 0 Å². The lowest BCUT2D eigenvalue weighted by Gasteiger charge is -2.21. The molecule has 3 aromatic rings. The molecule has 0 saturated carbocycles. The van der Waals surface area contributed by atoms with Gasteiger partial charge in [0.2, 0.25) is 11.3 Å². The molecule has 2 N–H and O–H groups in total. The molecule has 10 heteroatoms.